The second kappa shape index (κ2) is 7.63. The first-order valence-corrected chi connectivity index (χ1v) is 9.73. The van der Waals surface area contributed by atoms with Gasteiger partial charge in [0.15, 0.2) is 0 Å². The van der Waals surface area contributed by atoms with E-state index in [9.17, 15) is 13.2 Å². The Morgan fingerprint density at radius 2 is 1.96 bits per heavy atom. The van der Waals surface area contributed by atoms with Crippen molar-refractivity contribution >= 4 is 15.9 Å². The number of hydrogen-bond acceptors (Lipinski definition) is 4. The number of benzene rings is 1. The molecule has 6 nitrogen and oxygen atoms in total. The predicted molar refractivity (Wildman–Crippen MR) is 94.5 cm³/mol. The first-order valence-electron chi connectivity index (χ1n) is 8.29. The van der Waals surface area contributed by atoms with E-state index in [1.807, 2.05) is 25.8 Å². The number of carbonyl (C=O) groups excluding carboxylic acids is 1. The summed E-state index contributed by atoms with van der Waals surface area (Å²) in [5.41, 5.74) is 0.534. The van der Waals surface area contributed by atoms with E-state index in [2.05, 4.69) is 5.32 Å². The predicted octanol–water partition coefficient (Wildman–Crippen LogP) is 1.40. The lowest BCUT2D eigenvalue weighted by Crippen LogP contribution is -2.33. The molecular formula is C17H27N3O3S. The minimum absolute atomic E-state index is 0.0326. The van der Waals surface area contributed by atoms with E-state index >= 15 is 0 Å². The summed E-state index contributed by atoms with van der Waals surface area (Å²) in [6.07, 6.45) is 0.998. The molecule has 1 amide bonds. The zero-order valence-corrected chi connectivity index (χ0v) is 15.6. The van der Waals surface area contributed by atoms with E-state index < -0.39 is 10.0 Å². The fraction of sp³-hybridized carbons (Fsp3) is 0.588. The van der Waals surface area contributed by atoms with Gasteiger partial charge in [0.25, 0.3) is 5.91 Å². The third kappa shape index (κ3) is 3.96. The van der Waals surface area contributed by atoms with E-state index in [4.69, 9.17) is 0 Å². The smallest absolute Gasteiger partial charge is 0.253 e. The lowest BCUT2D eigenvalue weighted by atomic mass is 10.1. The zero-order chi connectivity index (χ0) is 17.9. The van der Waals surface area contributed by atoms with Crippen LogP contribution in [0.3, 0.4) is 0 Å². The number of nitrogens with one attached hydrogen (secondary N) is 1. The minimum Gasteiger partial charge on any atom is -0.338 e. The van der Waals surface area contributed by atoms with Crippen LogP contribution >= 0.6 is 0 Å². The molecule has 0 bridgehead atoms. The Bertz CT molecular complexity index is 671. The maximum atomic E-state index is 12.5. The van der Waals surface area contributed by atoms with Crippen LogP contribution in [0.25, 0.3) is 0 Å². The van der Waals surface area contributed by atoms with Crippen molar-refractivity contribution in [2.75, 3.05) is 33.7 Å². The molecule has 1 fully saturated rings. The normalized spacial score (nSPS) is 18.6. The molecular weight excluding hydrogens is 326 g/mol. The molecule has 0 saturated carbocycles. The fourth-order valence-electron chi connectivity index (χ4n) is 2.87. The lowest BCUT2D eigenvalue weighted by molar-refractivity contribution is 0.0787. The summed E-state index contributed by atoms with van der Waals surface area (Å²) in [5.74, 6) is 0.452. The van der Waals surface area contributed by atoms with Crippen LogP contribution < -0.4 is 5.32 Å². The maximum Gasteiger partial charge on any atom is 0.253 e. The highest BCUT2D eigenvalue weighted by molar-refractivity contribution is 7.89. The summed E-state index contributed by atoms with van der Waals surface area (Å²) in [7, 11) is -0.0405. The molecule has 1 unspecified atom stereocenters. The van der Waals surface area contributed by atoms with Gasteiger partial charge in [-0.05, 0) is 64.0 Å². The number of rotatable bonds is 6. The Kier molecular flexibility index (Phi) is 6.01. The van der Waals surface area contributed by atoms with Crippen LogP contribution in [0.2, 0.25) is 0 Å². The number of nitrogens with zero attached hydrogens (tertiary/aromatic N) is 2. The molecule has 1 aliphatic heterocycles. The van der Waals surface area contributed by atoms with Crippen molar-refractivity contribution in [2.45, 2.75) is 31.2 Å². The average molecular weight is 353 g/mol. The number of likely N-dealkylation sites (tertiary alicyclic amines) is 1. The SMILES string of the molecule is CNCC1CCN(C(=O)c2ccc(S(=O)(=O)N(C)C(C)C)cc2)C1. The first kappa shape index (κ1) is 18.9. The topological polar surface area (TPSA) is 69.7 Å². The molecule has 1 heterocycles. The van der Waals surface area contributed by atoms with Crippen LogP contribution in [0.5, 0.6) is 0 Å². The van der Waals surface area contributed by atoms with Crippen LogP contribution in [-0.4, -0.2) is 63.3 Å². The Labute approximate surface area is 144 Å². The van der Waals surface area contributed by atoms with Gasteiger partial charge in [-0.1, -0.05) is 0 Å². The Morgan fingerprint density at radius 1 is 1.33 bits per heavy atom. The molecule has 1 N–H and O–H groups in total. The minimum atomic E-state index is -3.52. The zero-order valence-electron chi connectivity index (χ0n) is 14.8. The molecule has 1 aromatic carbocycles. The monoisotopic (exact) mass is 353 g/mol. The van der Waals surface area contributed by atoms with E-state index in [0.29, 0.717) is 11.5 Å². The Hall–Kier alpha value is -1.44. The molecule has 1 aliphatic rings. The summed E-state index contributed by atoms with van der Waals surface area (Å²) in [5, 5.41) is 3.14. The van der Waals surface area contributed by atoms with Gasteiger partial charge in [-0.25, -0.2) is 8.42 Å². The van der Waals surface area contributed by atoms with Crippen molar-refractivity contribution in [1.29, 1.82) is 0 Å². The van der Waals surface area contributed by atoms with Gasteiger partial charge in [0.1, 0.15) is 0 Å². The van der Waals surface area contributed by atoms with Crippen LogP contribution in [0.4, 0.5) is 0 Å². The summed E-state index contributed by atoms with van der Waals surface area (Å²) >= 11 is 0. The molecule has 0 radical (unpaired) electrons. The second-order valence-electron chi connectivity index (χ2n) is 6.60. The molecule has 24 heavy (non-hydrogen) atoms. The van der Waals surface area contributed by atoms with Crippen LogP contribution in [0.15, 0.2) is 29.2 Å². The van der Waals surface area contributed by atoms with Crippen molar-refractivity contribution in [3.05, 3.63) is 29.8 Å². The number of carbonyl (C=O) groups is 1. The molecule has 0 aliphatic carbocycles. The van der Waals surface area contributed by atoms with E-state index in [1.54, 1.807) is 19.2 Å². The third-order valence-corrected chi connectivity index (χ3v) is 6.62. The van der Waals surface area contributed by atoms with Gasteiger partial charge in [-0.3, -0.25) is 4.79 Å². The Balaban J connectivity index is 2.11. The maximum absolute atomic E-state index is 12.5. The van der Waals surface area contributed by atoms with Gasteiger partial charge in [0.05, 0.1) is 4.90 Å². The molecule has 1 atom stereocenters. The van der Waals surface area contributed by atoms with Gasteiger partial charge in [-0.2, -0.15) is 4.31 Å². The average Bonchev–Trinajstić information content (AvgIpc) is 3.02. The summed E-state index contributed by atoms with van der Waals surface area (Å²) in [6.45, 7) is 6.05. The van der Waals surface area contributed by atoms with E-state index in [1.165, 1.54) is 16.4 Å². The summed E-state index contributed by atoms with van der Waals surface area (Å²) in [6, 6.07) is 6.12. The van der Waals surface area contributed by atoms with Crippen LogP contribution in [0.1, 0.15) is 30.6 Å². The summed E-state index contributed by atoms with van der Waals surface area (Å²) < 4.78 is 26.2. The summed E-state index contributed by atoms with van der Waals surface area (Å²) in [4.78, 5) is 14.6. The van der Waals surface area contributed by atoms with Gasteiger partial charge in [0, 0.05) is 31.7 Å². The van der Waals surface area contributed by atoms with Crippen molar-refractivity contribution < 1.29 is 13.2 Å². The standard InChI is InChI=1S/C17H27N3O3S/c1-13(2)19(4)24(22,23)16-7-5-15(6-8-16)17(21)20-10-9-14(12-20)11-18-3/h5-8,13-14,18H,9-12H2,1-4H3. The third-order valence-electron chi connectivity index (χ3n) is 4.57. The lowest BCUT2D eigenvalue weighted by Gasteiger charge is -2.21. The highest BCUT2D eigenvalue weighted by atomic mass is 32.2. The quantitative estimate of drug-likeness (QED) is 0.839. The van der Waals surface area contributed by atoms with E-state index in [0.717, 1.165) is 26.1 Å². The van der Waals surface area contributed by atoms with Gasteiger partial charge in [-0.15, -0.1) is 0 Å². The molecule has 0 spiro atoms. The first-order chi connectivity index (χ1) is 11.3. The number of amides is 1. The van der Waals surface area contributed by atoms with Crippen molar-refractivity contribution in [2.24, 2.45) is 5.92 Å². The number of hydrogen-bond donors (Lipinski definition) is 1. The number of sulfonamides is 1. The second-order valence-corrected chi connectivity index (χ2v) is 8.60. The molecule has 0 aromatic heterocycles. The van der Waals surface area contributed by atoms with Crippen LogP contribution in [-0.2, 0) is 10.0 Å². The van der Waals surface area contributed by atoms with Gasteiger partial charge >= 0.3 is 0 Å². The van der Waals surface area contributed by atoms with Gasteiger partial charge < -0.3 is 10.2 Å². The fourth-order valence-corrected chi connectivity index (χ4v) is 4.24. The Morgan fingerprint density at radius 3 is 2.50 bits per heavy atom. The van der Waals surface area contributed by atoms with Crippen molar-refractivity contribution in [3.8, 4) is 0 Å². The molecule has 134 valence electrons. The van der Waals surface area contributed by atoms with Gasteiger partial charge in [0.2, 0.25) is 10.0 Å². The van der Waals surface area contributed by atoms with Crippen LogP contribution in [0, 0.1) is 5.92 Å². The largest absolute Gasteiger partial charge is 0.338 e. The molecule has 2 rings (SSSR count). The molecule has 1 aromatic rings. The van der Waals surface area contributed by atoms with Crippen molar-refractivity contribution in [1.82, 2.24) is 14.5 Å². The highest BCUT2D eigenvalue weighted by Gasteiger charge is 2.27. The molecule has 7 heteroatoms. The highest BCUT2D eigenvalue weighted by Crippen LogP contribution is 2.21. The van der Waals surface area contributed by atoms with E-state index in [-0.39, 0.29) is 16.8 Å². The molecule has 1 saturated heterocycles. The van der Waals surface area contributed by atoms with Crippen molar-refractivity contribution in [3.63, 3.8) is 0 Å².